The molecule has 3 rings (SSSR count). The highest BCUT2D eigenvalue weighted by Gasteiger charge is 2.37. The van der Waals surface area contributed by atoms with Gasteiger partial charge in [-0.1, -0.05) is 30.3 Å². The van der Waals surface area contributed by atoms with Crippen LogP contribution in [-0.2, 0) is 20.5 Å². The first-order valence-corrected chi connectivity index (χ1v) is 10.6. The van der Waals surface area contributed by atoms with E-state index < -0.39 is 29.7 Å². The lowest BCUT2D eigenvalue weighted by atomic mass is 9.95. The summed E-state index contributed by atoms with van der Waals surface area (Å²) in [5, 5.41) is 2.90. The molecule has 1 aliphatic heterocycles. The van der Waals surface area contributed by atoms with Crippen LogP contribution in [0.3, 0.4) is 0 Å². The minimum atomic E-state index is -4.53. The highest BCUT2D eigenvalue weighted by atomic mass is 19.4. The van der Waals surface area contributed by atoms with E-state index in [0.29, 0.717) is 19.4 Å². The Balaban J connectivity index is 1.74. The summed E-state index contributed by atoms with van der Waals surface area (Å²) in [4.78, 5) is 30.6. The van der Waals surface area contributed by atoms with Crippen molar-refractivity contribution >= 4 is 17.7 Å². The third-order valence-electron chi connectivity index (χ3n) is 5.38. The van der Waals surface area contributed by atoms with Crippen molar-refractivity contribution in [1.29, 1.82) is 0 Å². The van der Waals surface area contributed by atoms with E-state index in [2.05, 4.69) is 10.3 Å². The van der Waals surface area contributed by atoms with Crippen molar-refractivity contribution in [3.8, 4) is 0 Å². The molecule has 1 aromatic heterocycles. The van der Waals surface area contributed by atoms with E-state index in [9.17, 15) is 22.8 Å². The van der Waals surface area contributed by atoms with Crippen LogP contribution in [-0.4, -0.2) is 36.6 Å². The van der Waals surface area contributed by atoms with Crippen molar-refractivity contribution in [2.24, 2.45) is 5.92 Å². The van der Waals surface area contributed by atoms with E-state index in [1.54, 1.807) is 19.1 Å². The fraction of sp³-hybridized carbons (Fsp3) is 0.435. The van der Waals surface area contributed by atoms with Crippen LogP contribution in [0.2, 0.25) is 0 Å². The number of benzene rings is 1. The molecule has 2 aromatic rings. The van der Waals surface area contributed by atoms with E-state index in [4.69, 9.17) is 4.74 Å². The largest absolute Gasteiger partial charge is 0.466 e. The third-order valence-corrected chi connectivity index (χ3v) is 5.38. The number of piperidine rings is 1. The van der Waals surface area contributed by atoms with Crippen molar-refractivity contribution in [2.75, 3.05) is 24.6 Å². The van der Waals surface area contributed by atoms with E-state index in [1.165, 1.54) is 17.2 Å². The van der Waals surface area contributed by atoms with Gasteiger partial charge in [0.15, 0.2) is 0 Å². The molecule has 172 valence electrons. The number of carbonyl (C=O) groups is 2. The number of alkyl halides is 3. The number of anilines is 1. The molecule has 1 amide bonds. The van der Waals surface area contributed by atoms with Crippen molar-refractivity contribution in [3.63, 3.8) is 0 Å². The summed E-state index contributed by atoms with van der Waals surface area (Å²) >= 11 is 0. The fourth-order valence-corrected chi connectivity index (χ4v) is 3.87. The van der Waals surface area contributed by atoms with E-state index >= 15 is 0 Å². The van der Waals surface area contributed by atoms with Gasteiger partial charge in [0.1, 0.15) is 5.82 Å². The van der Waals surface area contributed by atoms with Crippen LogP contribution in [0.1, 0.15) is 43.4 Å². The minimum absolute atomic E-state index is 0.0293. The number of nitrogens with zero attached hydrogens (tertiary/aromatic N) is 2. The van der Waals surface area contributed by atoms with E-state index in [-0.39, 0.29) is 31.3 Å². The Hall–Kier alpha value is -3.10. The number of nitrogens with one attached hydrogen (secondary N) is 1. The number of hydrogen-bond acceptors (Lipinski definition) is 5. The number of esters is 1. The Labute approximate surface area is 184 Å². The summed E-state index contributed by atoms with van der Waals surface area (Å²) in [7, 11) is 0. The molecule has 0 saturated carbocycles. The monoisotopic (exact) mass is 449 g/mol. The molecular formula is C23H26F3N3O3. The number of amides is 1. The SMILES string of the molecule is CCOC(=O)CC(NC(=O)C1CCCN(c2ncccc2C(F)(F)F)C1)c1ccccc1. The van der Waals surface area contributed by atoms with Gasteiger partial charge in [0, 0.05) is 19.3 Å². The van der Waals surface area contributed by atoms with Crippen LogP contribution in [0, 0.1) is 5.92 Å². The molecule has 0 spiro atoms. The number of rotatable bonds is 7. The number of carbonyl (C=O) groups excluding carboxylic acids is 2. The first-order valence-electron chi connectivity index (χ1n) is 10.6. The zero-order valence-corrected chi connectivity index (χ0v) is 17.8. The van der Waals surface area contributed by atoms with Gasteiger partial charge >= 0.3 is 12.1 Å². The maximum atomic E-state index is 13.4. The highest BCUT2D eigenvalue weighted by molar-refractivity contribution is 5.81. The average molecular weight is 449 g/mol. The smallest absolute Gasteiger partial charge is 0.419 e. The molecular weight excluding hydrogens is 423 g/mol. The van der Waals surface area contributed by atoms with Gasteiger partial charge < -0.3 is 15.0 Å². The standard InChI is InChI=1S/C23H26F3N3O3/c1-2-32-20(30)14-19(16-8-4-3-5-9-16)28-22(31)17-10-7-13-29(15-17)21-18(23(24,25)26)11-6-12-27-21/h3-6,8-9,11-12,17,19H,2,7,10,13-15H2,1H3,(H,28,31). The number of hydrogen-bond donors (Lipinski definition) is 1. The molecule has 0 bridgehead atoms. The van der Waals surface area contributed by atoms with Crippen LogP contribution in [0.15, 0.2) is 48.7 Å². The summed E-state index contributed by atoms with van der Waals surface area (Å²) in [6.45, 7) is 2.44. The topological polar surface area (TPSA) is 71.5 Å². The summed E-state index contributed by atoms with van der Waals surface area (Å²) in [6.07, 6.45) is -2.15. The van der Waals surface area contributed by atoms with Gasteiger partial charge in [-0.2, -0.15) is 13.2 Å². The zero-order chi connectivity index (χ0) is 23.1. The molecule has 32 heavy (non-hydrogen) atoms. The first-order chi connectivity index (χ1) is 15.3. The quantitative estimate of drug-likeness (QED) is 0.644. The maximum absolute atomic E-state index is 13.4. The normalized spacial score (nSPS) is 17.5. The molecule has 9 heteroatoms. The van der Waals surface area contributed by atoms with Crippen molar-refractivity contribution in [2.45, 2.75) is 38.4 Å². The minimum Gasteiger partial charge on any atom is -0.466 e. The van der Waals surface area contributed by atoms with Gasteiger partial charge in [-0.25, -0.2) is 4.98 Å². The Morgan fingerprint density at radius 1 is 1.22 bits per heavy atom. The summed E-state index contributed by atoms with van der Waals surface area (Å²) in [5.41, 5.74) is -0.0591. The van der Waals surface area contributed by atoms with Crippen molar-refractivity contribution in [3.05, 3.63) is 59.8 Å². The molecule has 2 heterocycles. The van der Waals surface area contributed by atoms with Crippen LogP contribution in [0.25, 0.3) is 0 Å². The number of ether oxygens (including phenoxy) is 1. The van der Waals surface area contributed by atoms with Crippen molar-refractivity contribution in [1.82, 2.24) is 10.3 Å². The molecule has 1 aromatic carbocycles. The second-order valence-corrected chi connectivity index (χ2v) is 7.64. The maximum Gasteiger partial charge on any atom is 0.419 e. The van der Waals surface area contributed by atoms with Gasteiger partial charge in [-0.3, -0.25) is 9.59 Å². The first kappa shape index (κ1) is 23.6. The van der Waals surface area contributed by atoms with E-state index in [1.807, 2.05) is 18.2 Å². The van der Waals surface area contributed by atoms with Crippen LogP contribution >= 0.6 is 0 Å². The number of halogens is 3. The molecule has 1 saturated heterocycles. The Morgan fingerprint density at radius 3 is 2.66 bits per heavy atom. The lowest BCUT2D eigenvalue weighted by Gasteiger charge is -2.34. The predicted molar refractivity (Wildman–Crippen MR) is 113 cm³/mol. The molecule has 0 radical (unpaired) electrons. The van der Waals surface area contributed by atoms with Gasteiger partial charge in [-0.15, -0.1) is 0 Å². The molecule has 1 fully saturated rings. The summed E-state index contributed by atoms with van der Waals surface area (Å²) < 4.78 is 45.3. The predicted octanol–water partition coefficient (Wildman–Crippen LogP) is 4.13. The third kappa shape index (κ3) is 5.99. The van der Waals surface area contributed by atoms with Crippen LogP contribution < -0.4 is 10.2 Å². The van der Waals surface area contributed by atoms with E-state index in [0.717, 1.165) is 11.6 Å². The van der Waals surface area contributed by atoms with Gasteiger partial charge in [-0.05, 0) is 37.5 Å². The van der Waals surface area contributed by atoms with Gasteiger partial charge in [0.2, 0.25) is 5.91 Å². The molecule has 6 nitrogen and oxygen atoms in total. The second kappa shape index (κ2) is 10.5. The molecule has 2 atom stereocenters. The fourth-order valence-electron chi connectivity index (χ4n) is 3.87. The van der Waals surface area contributed by atoms with Crippen LogP contribution in [0.4, 0.5) is 19.0 Å². The molecule has 2 unspecified atom stereocenters. The van der Waals surface area contributed by atoms with Crippen LogP contribution in [0.5, 0.6) is 0 Å². The summed E-state index contributed by atoms with van der Waals surface area (Å²) in [5.74, 6) is -1.43. The lowest BCUT2D eigenvalue weighted by Crippen LogP contribution is -2.45. The average Bonchev–Trinajstić information content (AvgIpc) is 2.79. The number of pyridine rings is 1. The number of aromatic nitrogens is 1. The summed E-state index contributed by atoms with van der Waals surface area (Å²) in [6, 6.07) is 10.7. The molecule has 0 aliphatic carbocycles. The molecule has 1 N–H and O–H groups in total. The Morgan fingerprint density at radius 2 is 1.97 bits per heavy atom. The second-order valence-electron chi connectivity index (χ2n) is 7.64. The van der Waals surface area contributed by atoms with Gasteiger partial charge in [0.05, 0.1) is 30.6 Å². The Kier molecular flexibility index (Phi) is 7.71. The lowest BCUT2D eigenvalue weighted by molar-refractivity contribution is -0.144. The van der Waals surface area contributed by atoms with Gasteiger partial charge in [0.25, 0.3) is 0 Å². The Bertz CT molecular complexity index is 921. The zero-order valence-electron chi connectivity index (χ0n) is 17.8. The molecule has 1 aliphatic rings. The highest BCUT2D eigenvalue weighted by Crippen LogP contribution is 2.36. The van der Waals surface area contributed by atoms with Crippen molar-refractivity contribution < 1.29 is 27.5 Å².